The van der Waals surface area contributed by atoms with Crippen LogP contribution in [0.15, 0.2) is 40.9 Å². The lowest BCUT2D eigenvalue weighted by molar-refractivity contribution is -0.150. The maximum Gasteiger partial charge on any atom is 0.349 e. The van der Waals surface area contributed by atoms with Gasteiger partial charge in [-0.3, -0.25) is 0 Å². The quantitative estimate of drug-likeness (QED) is 0.440. The van der Waals surface area contributed by atoms with Gasteiger partial charge in [-0.1, -0.05) is 15.9 Å². The van der Waals surface area contributed by atoms with Crippen molar-refractivity contribution in [3.05, 3.63) is 40.9 Å². The summed E-state index contributed by atoms with van der Waals surface area (Å²) in [6.07, 6.45) is 1.80. The van der Waals surface area contributed by atoms with Gasteiger partial charge in [0.1, 0.15) is 5.75 Å². The van der Waals surface area contributed by atoms with Gasteiger partial charge in [0, 0.05) is 16.6 Å². The minimum Gasteiger partial charge on any atom is -0.463 e. The monoisotopic (exact) mass is 356 g/mol. The Kier molecular flexibility index (Phi) is 7.17. The zero-order chi connectivity index (χ0) is 15.7. The third-order valence-corrected chi connectivity index (χ3v) is 2.55. The fourth-order valence-electron chi connectivity index (χ4n) is 1.17. The van der Waals surface area contributed by atoms with E-state index < -0.39 is 24.5 Å². The normalized spacial score (nSPS) is 10.2. The van der Waals surface area contributed by atoms with Gasteiger partial charge in [0.25, 0.3) is 0 Å². The molecule has 0 heterocycles. The fraction of sp³-hybridized carbons (Fsp3) is 0.214. The summed E-state index contributed by atoms with van der Waals surface area (Å²) in [4.78, 5) is 33.6. The molecule has 1 aromatic rings. The summed E-state index contributed by atoms with van der Waals surface area (Å²) in [5.41, 5.74) is 0. The molecule has 1 rings (SSSR count). The van der Waals surface area contributed by atoms with E-state index >= 15 is 0 Å². The molecule has 0 bridgehead atoms. The number of carbonyl (C=O) groups is 3. The highest BCUT2D eigenvalue weighted by atomic mass is 79.9. The zero-order valence-electron chi connectivity index (χ0n) is 11.2. The molecule has 0 aromatic heterocycles. The summed E-state index contributed by atoms with van der Waals surface area (Å²) in [5, 5.41) is 0. The van der Waals surface area contributed by atoms with Crippen molar-refractivity contribution in [1.29, 1.82) is 0 Å². The molecule has 112 valence electrons. The summed E-state index contributed by atoms with van der Waals surface area (Å²) in [5.74, 6) is -1.89. The van der Waals surface area contributed by atoms with Crippen LogP contribution in [0.3, 0.4) is 0 Å². The Morgan fingerprint density at radius 3 is 2.19 bits per heavy atom. The van der Waals surface area contributed by atoms with Crippen molar-refractivity contribution in [2.45, 2.75) is 6.92 Å². The van der Waals surface area contributed by atoms with Gasteiger partial charge in [-0.15, -0.1) is 0 Å². The van der Waals surface area contributed by atoms with Crippen LogP contribution in [-0.2, 0) is 23.9 Å². The van der Waals surface area contributed by atoms with Crippen molar-refractivity contribution in [2.24, 2.45) is 0 Å². The average Bonchev–Trinajstić information content (AvgIpc) is 2.46. The van der Waals surface area contributed by atoms with Crippen LogP contribution in [0.1, 0.15) is 6.92 Å². The van der Waals surface area contributed by atoms with Crippen LogP contribution in [0.2, 0.25) is 0 Å². The van der Waals surface area contributed by atoms with Gasteiger partial charge in [-0.25, -0.2) is 14.4 Å². The van der Waals surface area contributed by atoms with Gasteiger partial charge in [-0.2, -0.15) is 0 Å². The second kappa shape index (κ2) is 8.91. The van der Waals surface area contributed by atoms with Crippen molar-refractivity contribution in [1.82, 2.24) is 0 Å². The van der Waals surface area contributed by atoms with Gasteiger partial charge in [-0.05, 0) is 31.2 Å². The molecular weight excluding hydrogens is 344 g/mol. The van der Waals surface area contributed by atoms with Gasteiger partial charge < -0.3 is 14.2 Å². The third-order valence-electron chi connectivity index (χ3n) is 2.02. The highest BCUT2D eigenvalue weighted by Crippen LogP contribution is 2.16. The molecule has 0 radical (unpaired) electrons. The molecule has 0 aliphatic carbocycles. The van der Waals surface area contributed by atoms with E-state index in [4.69, 9.17) is 4.74 Å². The molecule has 1 aromatic carbocycles. The first-order valence-electron chi connectivity index (χ1n) is 5.99. The number of hydrogen-bond acceptors (Lipinski definition) is 6. The largest absolute Gasteiger partial charge is 0.463 e. The molecule has 0 unspecified atom stereocenters. The lowest BCUT2D eigenvalue weighted by atomic mass is 10.3. The first kappa shape index (κ1) is 16.9. The molecule has 0 saturated heterocycles. The average molecular weight is 357 g/mol. The maximum absolute atomic E-state index is 11.4. The molecule has 0 saturated carbocycles. The number of carbonyl (C=O) groups excluding carboxylic acids is 3. The van der Waals surface area contributed by atoms with Crippen LogP contribution >= 0.6 is 15.9 Å². The molecule has 0 aliphatic rings. The minimum absolute atomic E-state index is 0.206. The van der Waals surface area contributed by atoms with Gasteiger partial charge in [0.15, 0.2) is 6.61 Å². The zero-order valence-corrected chi connectivity index (χ0v) is 12.8. The van der Waals surface area contributed by atoms with E-state index in [1.165, 1.54) is 0 Å². The second-order valence-electron chi connectivity index (χ2n) is 3.62. The second-order valence-corrected chi connectivity index (χ2v) is 4.54. The third kappa shape index (κ3) is 7.26. The molecule has 0 spiro atoms. The maximum atomic E-state index is 11.4. The van der Waals surface area contributed by atoms with Crippen LogP contribution in [-0.4, -0.2) is 31.1 Å². The summed E-state index contributed by atoms with van der Waals surface area (Å²) < 4.78 is 15.0. The number of esters is 3. The van der Waals surface area contributed by atoms with Crippen molar-refractivity contribution >= 4 is 33.8 Å². The Morgan fingerprint density at radius 2 is 1.62 bits per heavy atom. The summed E-state index contributed by atoms with van der Waals surface area (Å²) in [6.45, 7) is 1.29. The summed E-state index contributed by atoms with van der Waals surface area (Å²) >= 11 is 3.25. The van der Waals surface area contributed by atoms with E-state index in [-0.39, 0.29) is 6.61 Å². The first-order valence-corrected chi connectivity index (χ1v) is 6.78. The van der Waals surface area contributed by atoms with Crippen LogP contribution in [0.25, 0.3) is 0 Å². The van der Waals surface area contributed by atoms with Crippen molar-refractivity contribution in [3.63, 3.8) is 0 Å². The standard InChI is InChI=1S/C14H13BrO6/c1-2-19-12(16)7-8-13(17)20-9-14(18)21-11-5-3-10(15)4-6-11/h3-8H,2,9H2,1H3/b8-7+. The lowest BCUT2D eigenvalue weighted by Crippen LogP contribution is -2.18. The molecule has 6 nitrogen and oxygen atoms in total. The van der Waals surface area contributed by atoms with Gasteiger partial charge in [0.2, 0.25) is 0 Å². The van der Waals surface area contributed by atoms with Crippen LogP contribution in [0.5, 0.6) is 5.75 Å². The first-order chi connectivity index (χ1) is 10.0. The van der Waals surface area contributed by atoms with Crippen molar-refractivity contribution in [2.75, 3.05) is 13.2 Å². The van der Waals surface area contributed by atoms with Crippen molar-refractivity contribution < 1.29 is 28.6 Å². The fourth-order valence-corrected chi connectivity index (χ4v) is 1.43. The van der Waals surface area contributed by atoms with Crippen molar-refractivity contribution in [3.8, 4) is 5.75 Å². The predicted octanol–water partition coefficient (Wildman–Crippen LogP) is 2.02. The van der Waals surface area contributed by atoms with Gasteiger partial charge >= 0.3 is 17.9 Å². The lowest BCUT2D eigenvalue weighted by Gasteiger charge is -2.04. The van der Waals surface area contributed by atoms with E-state index in [0.29, 0.717) is 5.75 Å². The predicted molar refractivity (Wildman–Crippen MR) is 76.5 cm³/mol. The number of ether oxygens (including phenoxy) is 3. The SMILES string of the molecule is CCOC(=O)/C=C/C(=O)OCC(=O)Oc1ccc(Br)cc1. The number of halogens is 1. The van der Waals surface area contributed by atoms with Crippen LogP contribution in [0.4, 0.5) is 0 Å². The highest BCUT2D eigenvalue weighted by molar-refractivity contribution is 9.10. The molecule has 0 N–H and O–H groups in total. The van der Waals surface area contributed by atoms with E-state index in [0.717, 1.165) is 16.6 Å². The summed E-state index contributed by atoms with van der Waals surface area (Å²) in [6, 6.07) is 6.59. The Bertz CT molecular complexity index is 535. The Labute approximate surface area is 129 Å². The van der Waals surface area contributed by atoms with E-state index in [1.807, 2.05) is 0 Å². The number of hydrogen-bond donors (Lipinski definition) is 0. The Balaban J connectivity index is 2.34. The van der Waals surface area contributed by atoms with E-state index in [2.05, 4.69) is 25.4 Å². The molecule has 7 heteroatoms. The molecule has 0 amide bonds. The molecule has 21 heavy (non-hydrogen) atoms. The minimum atomic E-state index is -0.837. The molecule has 0 aliphatic heterocycles. The highest BCUT2D eigenvalue weighted by Gasteiger charge is 2.08. The number of rotatable bonds is 6. The van der Waals surface area contributed by atoms with Gasteiger partial charge in [0.05, 0.1) is 6.61 Å². The molecule has 0 atom stereocenters. The van der Waals surface area contributed by atoms with Crippen LogP contribution < -0.4 is 4.74 Å². The molecular formula is C14H13BrO6. The Morgan fingerprint density at radius 1 is 1.05 bits per heavy atom. The number of benzene rings is 1. The molecule has 0 fully saturated rings. The topological polar surface area (TPSA) is 78.9 Å². The van der Waals surface area contributed by atoms with Crippen LogP contribution in [0, 0.1) is 0 Å². The smallest absolute Gasteiger partial charge is 0.349 e. The Hall–Kier alpha value is -2.15. The summed E-state index contributed by atoms with van der Waals surface area (Å²) in [7, 11) is 0. The van der Waals surface area contributed by atoms with E-state index in [1.54, 1.807) is 31.2 Å². The van der Waals surface area contributed by atoms with E-state index in [9.17, 15) is 14.4 Å².